The van der Waals surface area contributed by atoms with Crippen molar-refractivity contribution in [2.75, 3.05) is 33.4 Å². The van der Waals surface area contributed by atoms with Crippen molar-refractivity contribution in [3.8, 4) is 16.6 Å². The molecule has 0 radical (unpaired) electrons. The van der Waals surface area contributed by atoms with Crippen molar-refractivity contribution < 1.29 is 19.4 Å². The lowest BCUT2D eigenvalue weighted by Gasteiger charge is -2.25. The number of aromatic amines is 1. The SMILES string of the molecule is C=CCc1cc(/C=c2\c(=O)nc3s/c(=C/C(=O)N4CCOCC4)[nH]n-3c2=N)cc(OC)c1O. The molecule has 33 heavy (non-hydrogen) atoms. The maximum atomic E-state index is 12.7. The van der Waals surface area contributed by atoms with E-state index in [1.165, 1.54) is 23.9 Å². The molecular weight excluding hydrogens is 446 g/mol. The van der Waals surface area contributed by atoms with Gasteiger partial charge in [0.1, 0.15) is 4.66 Å². The molecule has 4 rings (SSSR count). The Morgan fingerprint density at radius 1 is 1.42 bits per heavy atom. The summed E-state index contributed by atoms with van der Waals surface area (Å²) in [5, 5.41) is 22.1. The lowest BCUT2D eigenvalue weighted by Crippen LogP contribution is -2.47. The van der Waals surface area contributed by atoms with E-state index in [0.29, 0.717) is 48.5 Å². The van der Waals surface area contributed by atoms with E-state index in [1.54, 1.807) is 23.1 Å². The number of ether oxygens (including phenoxy) is 2. The summed E-state index contributed by atoms with van der Waals surface area (Å²) < 4.78 is 12.3. The number of carbonyl (C=O) groups excluding carboxylic acids is 1. The van der Waals surface area contributed by atoms with Gasteiger partial charge in [-0.15, -0.1) is 6.58 Å². The molecule has 3 heterocycles. The first-order valence-corrected chi connectivity index (χ1v) is 11.0. The molecule has 1 aromatic rings. The van der Waals surface area contributed by atoms with Crippen LogP contribution in [0.5, 0.6) is 11.5 Å². The molecule has 0 aliphatic carbocycles. The monoisotopic (exact) mass is 469 g/mol. The second-order valence-electron chi connectivity index (χ2n) is 7.33. The van der Waals surface area contributed by atoms with Gasteiger partial charge in [0.2, 0.25) is 11.0 Å². The van der Waals surface area contributed by atoms with Gasteiger partial charge in [0, 0.05) is 24.7 Å². The van der Waals surface area contributed by atoms with E-state index in [0.717, 1.165) is 11.3 Å². The van der Waals surface area contributed by atoms with Crippen molar-refractivity contribution in [3.05, 3.63) is 61.6 Å². The van der Waals surface area contributed by atoms with Crippen LogP contribution in [-0.2, 0) is 16.0 Å². The van der Waals surface area contributed by atoms with E-state index < -0.39 is 5.56 Å². The number of allylic oxidation sites excluding steroid dienone is 1. The van der Waals surface area contributed by atoms with Crippen molar-refractivity contribution in [1.29, 1.82) is 5.41 Å². The van der Waals surface area contributed by atoms with Crippen LogP contribution in [0.25, 0.3) is 17.3 Å². The maximum absolute atomic E-state index is 12.7. The number of rotatable bonds is 5. The van der Waals surface area contributed by atoms with E-state index in [-0.39, 0.29) is 33.2 Å². The number of fused-ring (bicyclic) bond motifs is 1. The molecule has 172 valence electrons. The van der Waals surface area contributed by atoms with Gasteiger partial charge in [-0.2, -0.15) is 4.98 Å². The van der Waals surface area contributed by atoms with Crippen molar-refractivity contribution in [2.45, 2.75) is 6.42 Å². The lowest BCUT2D eigenvalue weighted by molar-refractivity contribution is -0.128. The van der Waals surface area contributed by atoms with E-state index >= 15 is 0 Å². The third-order valence-corrected chi connectivity index (χ3v) is 6.06. The van der Waals surface area contributed by atoms with Gasteiger partial charge in [-0.05, 0) is 30.2 Å². The van der Waals surface area contributed by atoms with Gasteiger partial charge in [0.05, 0.1) is 25.5 Å². The number of carbonyl (C=O) groups is 1. The molecule has 11 heteroatoms. The molecule has 3 aliphatic heterocycles. The molecule has 0 aromatic heterocycles. The molecule has 1 amide bonds. The Hall–Kier alpha value is -3.70. The molecular formula is C22H23N5O5S. The Bertz CT molecular complexity index is 1410. The van der Waals surface area contributed by atoms with Crippen molar-refractivity contribution in [3.63, 3.8) is 0 Å². The summed E-state index contributed by atoms with van der Waals surface area (Å²) in [7, 11) is 1.44. The Morgan fingerprint density at radius 3 is 2.88 bits per heavy atom. The van der Waals surface area contributed by atoms with Crippen molar-refractivity contribution in [2.24, 2.45) is 0 Å². The summed E-state index contributed by atoms with van der Waals surface area (Å²) in [4.78, 5) is 30.9. The van der Waals surface area contributed by atoms with Crippen LogP contribution in [0.15, 0.2) is 29.6 Å². The summed E-state index contributed by atoms with van der Waals surface area (Å²) >= 11 is 1.11. The molecule has 1 aromatic carbocycles. The highest BCUT2D eigenvalue weighted by Gasteiger charge is 2.16. The molecule has 3 aliphatic rings. The van der Waals surface area contributed by atoms with Crippen LogP contribution in [-0.4, -0.2) is 64.1 Å². The summed E-state index contributed by atoms with van der Waals surface area (Å²) in [5.41, 5.74) is 0.478. The number of aromatic nitrogens is 3. The third-order valence-electron chi connectivity index (χ3n) is 5.17. The average Bonchev–Trinajstić information content (AvgIpc) is 3.21. The number of hydrogen-bond donors (Lipinski definition) is 3. The van der Waals surface area contributed by atoms with Crippen LogP contribution >= 0.6 is 11.3 Å². The first-order valence-electron chi connectivity index (χ1n) is 10.2. The number of benzene rings is 1. The smallest absolute Gasteiger partial charge is 0.283 e. The van der Waals surface area contributed by atoms with Crippen LogP contribution in [0, 0.1) is 5.41 Å². The normalized spacial score (nSPS) is 15.2. The average molecular weight is 470 g/mol. The van der Waals surface area contributed by atoms with Gasteiger partial charge in [0.25, 0.3) is 5.56 Å². The van der Waals surface area contributed by atoms with Crippen molar-refractivity contribution >= 4 is 29.4 Å². The topological polar surface area (TPSA) is 134 Å². The third kappa shape index (κ3) is 4.59. The fourth-order valence-corrected chi connectivity index (χ4v) is 4.35. The number of phenolic OH excluding ortho intramolecular Hbond substituents is 1. The van der Waals surface area contributed by atoms with E-state index in [2.05, 4.69) is 16.7 Å². The van der Waals surface area contributed by atoms with Crippen LogP contribution in [0.3, 0.4) is 0 Å². The summed E-state index contributed by atoms with van der Waals surface area (Å²) in [6, 6.07) is 3.28. The number of methoxy groups -OCH3 is 1. The number of hydrogen-bond acceptors (Lipinski definition) is 8. The van der Waals surface area contributed by atoms with Gasteiger partial charge < -0.3 is 19.5 Å². The summed E-state index contributed by atoms with van der Waals surface area (Å²) in [6.45, 7) is 5.72. The van der Waals surface area contributed by atoms with Crippen molar-refractivity contribution in [1.82, 2.24) is 19.7 Å². The molecule has 1 fully saturated rings. The molecule has 0 atom stereocenters. The Balaban J connectivity index is 1.80. The fourth-order valence-electron chi connectivity index (χ4n) is 3.50. The number of nitrogens with one attached hydrogen (secondary N) is 2. The van der Waals surface area contributed by atoms with Gasteiger partial charge >= 0.3 is 0 Å². The number of H-pyrrole nitrogens is 1. The minimum atomic E-state index is -0.571. The van der Waals surface area contributed by atoms with Gasteiger partial charge in [-0.1, -0.05) is 17.4 Å². The Kier molecular flexibility index (Phi) is 6.43. The van der Waals surface area contributed by atoms with Crippen LogP contribution in [0.4, 0.5) is 0 Å². The minimum Gasteiger partial charge on any atom is -0.504 e. The predicted molar refractivity (Wildman–Crippen MR) is 122 cm³/mol. The van der Waals surface area contributed by atoms with E-state index in [1.807, 2.05) is 0 Å². The largest absolute Gasteiger partial charge is 0.504 e. The quantitative estimate of drug-likeness (QED) is 0.430. The molecule has 0 spiro atoms. The zero-order valence-corrected chi connectivity index (χ0v) is 18.8. The van der Waals surface area contributed by atoms with Gasteiger partial charge in [-0.3, -0.25) is 20.1 Å². The van der Waals surface area contributed by atoms with Crippen LogP contribution in [0.1, 0.15) is 11.1 Å². The van der Waals surface area contributed by atoms with Gasteiger partial charge in [0.15, 0.2) is 17.0 Å². The molecule has 3 N–H and O–H groups in total. The summed E-state index contributed by atoms with van der Waals surface area (Å²) in [5.74, 6) is 0.0809. The van der Waals surface area contributed by atoms with E-state index in [4.69, 9.17) is 14.9 Å². The standard InChI is InChI=1S/C22H23N5O5S/c1-3-4-14-9-13(11-16(31-2)19(14)29)10-15-20(23)27-22(24-21(15)30)33-17(25-27)12-18(28)26-5-7-32-8-6-26/h3,9-12,23,25,29H,1,4-8H2,2H3/b15-10-,17-12+,23-20?. The molecule has 0 saturated carbocycles. The molecule has 0 bridgehead atoms. The first-order chi connectivity index (χ1) is 15.9. The summed E-state index contributed by atoms with van der Waals surface area (Å²) in [6.07, 6.45) is 5.01. The number of morpholine rings is 1. The fraction of sp³-hybridized carbons (Fsp3) is 0.273. The Morgan fingerprint density at radius 2 is 2.18 bits per heavy atom. The van der Waals surface area contributed by atoms with Gasteiger partial charge in [-0.25, -0.2) is 4.68 Å². The molecule has 1 saturated heterocycles. The highest BCUT2D eigenvalue weighted by atomic mass is 32.1. The number of phenols is 1. The number of nitrogens with zero attached hydrogens (tertiary/aromatic N) is 3. The molecule has 10 nitrogen and oxygen atoms in total. The Labute approximate surface area is 192 Å². The zero-order valence-electron chi connectivity index (χ0n) is 18.0. The van der Waals surface area contributed by atoms with Crippen LogP contribution in [0.2, 0.25) is 0 Å². The zero-order chi connectivity index (χ0) is 23.5. The van der Waals surface area contributed by atoms with Crippen LogP contribution < -0.4 is 25.7 Å². The lowest BCUT2D eigenvalue weighted by atomic mass is 10.0. The first kappa shape index (κ1) is 22.5. The number of aromatic hydroxyl groups is 1. The highest BCUT2D eigenvalue weighted by molar-refractivity contribution is 7.11. The molecule has 0 unspecified atom stereocenters. The predicted octanol–water partition coefficient (Wildman–Crippen LogP) is -0.550. The maximum Gasteiger partial charge on any atom is 0.283 e. The van der Waals surface area contributed by atoms with E-state index in [9.17, 15) is 14.7 Å². The second kappa shape index (κ2) is 9.43. The second-order valence-corrected chi connectivity index (χ2v) is 8.33. The highest BCUT2D eigenvalue weighted by Crippen LogP contribution is 2.32. The number of amides is 1. The minimum absolute atomic E-state index is 0.00206.